The Labute approximate surface area is 125 Å². The minimum absolute atomic E-state index is 0.120. The molecule has 21 heavy (non-hydrogen) atoms. The number of ether oxygens (including phenoxy) is 1. The van der Waals surface area contributed by atoms with Crippen LogP contribution in [-0.4, -0.2) is 49.2 Å². The minimum atomic E-state index is -0.353. The summed E-state index contributed by atoms with van der Waals surface area (Å²) in [4.78, 5) is 12.8. The van der Waals surface area contributed by atoms with Crippen molar-refractivity contribution in [3.05, 3.63) is 39.9 Å². The van der Waals surface area contributed by atoms with Gasteiger partial charge in [-0.2, -0.15) is 0 Å². The number of benzene rings is 1. The van der Waals surface area contributed by atoms with E-state index < -0.39 is 0 Å². The van der Waals surface area contributed by atoms with Crippen molar-refractivity contribution in [1.82, 2.24) is 10.2 Å². The number of morpholine rings is 1. The van der Waals surface area contributed by atoms with E-state index >= 15 is 0 Å². The minimum Gasteiger partial charge on any atom is -0.379 e. The van der Waals surface area contributed by atoms with Gasteiger partial charge < -0.3 is 10.1 Å². The van der Waals surface area contributed by atoms with Gasteiger partial charge in [0.25, 0.3) is 5.69 Å². The van der Waals surface area contributed by atoms with E-state index in [1.807, 2.05) is 13.0 Å². The van der Waals surface area contributed by atoms with E-state index in [0.29, 0.717) is 0 Å². The van der Waals surface area contributed by atoms with Gasteiger partial charge in [0, 0.05) is 31.3 Å². The maximum Gasteiger partial charge on any atom is 0.269 e. The average molecular weight is 293 g/mol. The summed E-state index contributed by atoms with van der Waals surface area (Å²) in [6.45, 7) is 7.70. The van der Waals surface area contributed by atoms with E-state index in [1.54, 1.807) is 12.1 Å². The Morgan fingerprint density at radius 1 is 1.43 bits per heavy atom. The standard InChI is InChI=1S/C15H23N3O3/c1-13(14-4-2-5-15(12-14)18(19)20)16-6-3-7-17-8-10-21-11-9-17/h2,4-5,12-13,16H,3,6-11H2,1H3. The zero-order chi connectivity index (χ0) is 15.1. The zero-order valence-corrected chi connectivity index (χ0v) is 12.5. The van der Waals surface area contributed by atoms with Crippen LogP contribution in [0.15, 0.2) is 24.3 Å². The first-order chi connectivity index (χ1) is 10.2. The Kier molecular flexibility index (Phi) is 6.10. The van der Waals surface area contributed by atoms with Gasteiger partial charge in [0.15, 0.2) is 0 Å². The molecule has 0 bridgehead atoms. The van der Waals surface area contributed by atoms with Crippen molar-refractivity contribution in [3.8, 4) is 0 Å². The monoisotopic (exact) mass is 293 g/mol. The van der Waals surface area contributed by atoms with E-state index in [-0.39, 0.29) is 16.7 Å². The van der Waals surface area contributed by atoms with Crippen LogP contribution in [-0.2, 0) is 4.74 Å². The summed E-state index contributed by atoms with van der Waals surface area (Å²) in [7, 11) is 0. The molecule has 1 heterocycles. The molecule has 6 heteroatoms. The fraction of sp³-hybridized carbons (Fsp3) is 0.600. The number of nitrogens with zero attached hydrogens (tertiary/aromatic N) is 2. The van der Waals surface area contributed by atoms with Crippen molar-refractivity contribution in [2.75, 3.05) is 39.4 Å². The number of nitrogens with one attached hydrogen (secondary N) is 1. The molecule has 1 aliphatic heterocycles. The molecular formula is C15H23N3O3. The molecule has 116 valence electrons. The molecule has 1 aromatic rings. The van der Waals surface area contributed by atoms with E-state index in [0.717, 1.165) is 51.4 Å². The highest BCUT2D eigenvalue weighted by molar-refractivity contribution is 5.35. The quantitative estimate of drug-likeness (QED) is 0.473. The van der Waals surface area contributed by atoms with Gasteiger partial charge in [-0.1, -0.05) is 12.1 Å². The average Bonchev–Trinajstić information content (AvgIpc) is 2.52. The summed E-state index contributed by atoms with van der Waals surface area (Å²) in [6.07, 6.45) is 1.07. The summed E-state index contributed by atoms with van der Waals surface area (Å²) in [6, 6.07) is 6.94. The molecule has 0 radical (unpaired) electrons. The topological polar surface area (TPSA) is 67.6 Å². The highest BCUT2D eigenvalue weighted by atomic mass is 16.6. The summed E-state index contributed by atoms with van der Waals surface area (Å²) >= 11 is 0. The van der Waals surface area contributed by atoms with Gasteiger partial charge in [0.1, 0.15) is 0 Å². The predicted octanol–water partition coefficient (Wildman–Crippen LogP) is 1.97. The molecule has 1 unspecified atom stereocenters. The molecule has 2 rings (SSSR count). The van der Waals surface area contributed by atoms with Crippen molar-refractivity contribution in [1.29, 1.82) is 0 Å². The molecule has 1 saturated heterocycles. The predicted molar refractivity (Wildman–Crippen MR) is 81.4 cm³/mol. The van der Waals surface area contributed by atoms with Crippen molar-refractivity contribution >= 4 is 5.69 Å². The molecule has 0 saturated carbocycles. The Balaban J connectivity index is 1.72. The summed E-state index contributed by atoms with van der Waals surface area (Å²) in [5.41, 5.74) is 1.10. The maximum atomic E-state index is 10.8. The Hall–Kier alpha value is -1.50. The third kappa shape index (κ3) is 5.08. The first-order valence-electron chi connectivity index (χ1n) is 7.44. The molecule has 1 atom stereocenters. The third-order valence-electron chi connectivity index (χ3n) is 3.79. The van der Waals surface area contributed by atoms with E-state index in [4.69, 9.17) is 4.74 Å². The molecule has 0 spiro atoms. The second-order valence-corrected chi connectivity index (χ2v) is 5.34. The van der Waals surface area contributed by atoms with Crippen LogP contribution in [0.4, 0.5) is 5.69 Å². The Morgan fingerprint density at radius 3 is 2.90 bits per heavy atom. The summed E-state index contributed by atoms with van der Waals surface area (Å²) in [5.74, 6) is 0. The van der Waals surface area contributed by atoms with Crippen LogP contribution in [0, 0.1) is 10.1 Å². The molecule has 0 amide bonds. The number of hydrogen-bond donors (Lipinski definition) is 1. The SMILES string of the molecule is CC(NCCCN1CCOCC1)c1cccc([N+](=O)[O-])c1. The Morgan fingerprint density at radius 2 is 2.19 bits per heavy atom. The largest absolute Gasteiger partial charge is 0.379 e. The lowest BCUT2D eigenvalue weighted by molar-refractivity contribution is -0.384. The van der Waals surface area contributed by atoms with Crippen LogP contribution < -0.4 is 5.32 Å². The van der Waals surface area contributed by atoms with Gasteiger partial charge in [-0.05, 0) is 32.0 Å². The maximum absolute atomic E-state index is 10.8. The van der Waals surface area contributed by atoms with E-state index in [1.165, 1.54) is 6.07 Å². The smallest absolute Gasteiger partial charge is 0.269 e. The lowest BCUT2D eigenvalue weighted by atomic mass is 10.1. The third-order valence-corrected chi connectivity index (χ3v) is 3.79. The number of non-ortho nitro benzene ring substituents is 1. The van der Waals surface area contributed by atoms with Crippen molar-refractivity contribution in [2.45, 2.75) is 19.4 Å². The second-order valence-electron chi connectivity index (χ2n) is 5.34. The van der Waals surface area contributed by atoms with Gasteiger partial charge in [0.05, 0.1) is 18.1 Å². The molecule has 1 aromatic carbocycles. The van der Waals surface area contributed by atoms with Crippen molar-refractivity contribution < 1.29 is 9.66 Å². The van der Waals surface area contributed by atoms with E-state index in [9.17, 15) is 10.1 Å². The van der Waals surface area contributed by atoms with Crippen LogP contribution in [0.5, 0.6) is 0 Å². The van der Waals surface area contributed by atoms with Gasteiger partial charge in [-0.15, -0.1) is 0 Å². The number of nitro benzene ring substituents is 1. The van der Waals surface area contributed by atoms with Crippen molar-refractivity contribution in [2.24, 2.45) is 0 Å². The molecule has 1 aliphatic rings. The number of hydrogen-bond acceptors (Lipinski definition) is 5. The normalized spacial score (nSPS) is 17.6. The molecule has 0 aromatic heterocycles. The second kappa shape index (κ2) is 8.07. The van der Waals surface area contributed by atoms with E-state index in [2.05, 4.69) is 10.2 Å². The van der Waals surface area contributed by atoms with Crippen LogP contribution in [0.1, 0.15) is 24.9 Å². The lowest BCUT2D eigenvalue weighted by Crippen LogP contribution is -2.37. The first-order valence-corrected chi connectivity index (χ1v) is 7.44. The van der Waals surface area contributed by atoms with Gasteiger partial charge in [0.2, 0.25) is 0 Å². The van der Waals surface area contributed by atoms with Crippen LogP contribution in [0.2, 0.25) is 0 Å². The summed E-state index contributed by atoms with van der Waals surface area (Å²) < 4.78 is 5.32. The fourth-order valence-electron chi connectivity index (χ4n) is 2.47. The van der Waals surface area contributed by atoms with Crippen LogP contribution in [0.25, 0.3) is 0 Å². The highest BCUT2D eigenvalue weighted by Crippen LogP contribution is 2.18. The van der Waals surface area contributed by atoms with Crippen molar-refractivity contribution in [3.63, 3.8) is 0 Å². The molecule has 0 aliphatic carbocycles. The highest BCUT2D eigenvalue weighted by Gasteiger charge is 2.12. The molecule has 6 nitrogen and oxygen atoms in total. The lowest BCUT2D eigenvalue weighted by Gasteiger charge is -2.26. The Bertz CT molecular complexity index is 461. The van der Waals surface area contributed by atoms with Crippen LogP contribution in [0.3, 0.4) is 0 Å². The van der Waals surface area contributed by atoms with Gasteiger partial charge in [-0.3, -0.25) is 15.0 Å². The number of rotatable bonds is 7. The summed E-state index contributed by atoms with van der Waals surface area (Å²) in [5, 5.41) is 14.2. The number of nitro groups is 1. The molecular weight excluding hydrogens is 270 g/mol. The zero-order valence-electron chi connectivity index (χ0n) is 12.5. The molecule has 1 fully saturated rings. The van der Waals surface area contributed by atoms with Gasteiger partial charge in [-0.25, -0.2) is 0 Å². The van der Waals surface area contributed by atoms with Gasteiger partial charge >= 0.3 is 0 Å². The first kappa shape index (κ1) is 15.9. The van der Waals surface area contributed by atoms with Crippen LogP contribution >= 0.6 is 0 Å². The molecule has 1 N–H and O–H groups in total. The fourth-order valence-corrected chi connectivity index (χ4v) is 2.47.